The van der Waals surface area contributed by atoms with Gasteiger partial charge < -0.3 is 10.4 Å². The summed E-state index contributed by atoms with van der Waals surface area (Å²) < 4.78 is -0.470. The third kappa shape index (κ3) is 2.98. The van der Waals surface area contributed by atoms with E-state index < -0.39 is 10.3 Å². The van der Waals surface area contributed by atoms with Gasteiger partial charge in [0.2, 0.25) is 0 Å². The van der Waals surface area contributed by atoms with Crippen LogP contribution in [0, 0.1) is 5.92 Å². The summed E-state index contributed by atoms with van der Waals surface area (Å²) >= 11 is 1.45. The lowest BCUT2D eigenvalue weighted by molar-refractivity contribution is -0.120. The molecule has 0 aliphatic carbocycles. The molecular weight excluding hydrogens is 224 g/mol. The van der Waals surface area contributed by atoms with Crippen LogP contribution in [0.25, 0.3) is 0 Å². The Morgan fingerprint density at radius 3 is 2.50 bits per heavy atom. The highest BCUT2D eigenvalue weighted by atomic mass is 32.2. The Bertz CT molecular complexity index is 320. The van der Waals surface area contributed by atoms with Crippen LogP contribution in [0.5, 0.6) is 0 Å². The zero-order valence-corrected chi connectivity index (χ0v) is 11.3. The van der Waals surface area contributed by atoms with E-state index in [1.165, 1.54) is 11.8 Å². The summed E-state index contributed by atoms with van der Waals surface area (Å²) in [6.45, 7) is 9.75. The molecule has 0 radical (unpaired) electrons. The summed E-state index contributed by atoms with van der Waals surface area (Å²) in [5, 5.41) is 13.2. The number of aliphatic imine (C=N–C) groups is 1. The number of thioether (sulfide) groups is 1. The predicted molar refractivity (Wildman–Crippen MR) is 67.6 cm³/mol. The van der Waals surface area contributed by atoms with Crippen molar-refractivity contribution >= 4 is 22.8 Å². The summed E-state index contributed by atoms with van der Waals surface area (Å²) in [4.78, 5) is 15.7. The molecule has 2 N–H and O–H groups in total. The molecule has 1 aliphatic rings. The van der Waals surface area contributed by atoms with Gasteiger partial charge in [-0.15, -0.1) is 0 Å². The van der Waals surface area contributed by atoms with Crippen LogP contribution in [0.4, 0.5) is 0 Å². The molecule has 16 heavy (non-hydrogen) atoms. The van der Waals surface area contributed by atoms with E-state index >= 15 is 0 Å². The highest BCUT2D eigenvalue weighted by Gasteiger charge is 2.43. The number of hydrogen-bond acceptors (Lipinski definition) is 4. The number of nitrogens with zero attached hydrogens (tertiary/aromatic N) is 1. The minimum absolute atomic E-state index is 0.0919. The van der Waals surface area contributed by atoms with Gasteiger partial charge in [0.25, 0.3) is 5.91 Å². The van der Waals surface area contributed by atoms with Crippen molar-refractivity contribution in [2.24, 2.45) is 10.9 Å². The molecule has 0 bridgehead atoms. The summed E-state index contributed by atoms with van der Waals surface area (Å²) in [7, 11) is 0. The first-order valence-corrected chi connectivity index (χ1v) is 6.25. The SMILES string of the molecule is CC(C)C1(C)SC(NCC(C)(C)O)=NC1=O. The molecule has 4 nitrogen and oxygen atoms in total. The fourth-order valence-electron chi connectivity index (χ4n) is 1.20. The Balaban J connectivity index is 2.62. The van der Waals surface area contributed by atoms with Gasteiger partial charge in [-0.3, -0.25) is 4.79 Å². The number of rotatable bonds is 3. The van der Waals surface area contributed by atoms with Crippen LogP contribution in [0.3, 0.4) is 0 Å². The average molecular weight is 244 g/mol. The molecule has 1 aliphatic heterocycles. The quantitative estimate of drug-likeness (QED) is 0.787. The van der Waals surface area contributed by atoms with E-state index in [9.17, 15) is 9.90 Å². The second-order valence-corrected chi connectivity index (χ2v) is 6.69. The second kappa shape index (κ2) is 4.37. The van der Waals surface area contributed by atoms with Crippen molar-refractivity contribution in [2.45, 2.75) is 45.0 Å². The predicted octanol–water partition coefficient (Wildman–Crippen LogP) is 1.39. The van der Waals surface area contributed by atoms with E-state index in [4.69, 9.17) is 0 Å². The normalized spacial score (nSPS) is 26.2. The minimum atomic E-state index is -0.803. The van der Waals surface area contributed by atoms with Crippen molar-refractivity contribution in [3.8, 4) is 0 Å². The zero-order chi connectivity index (χ0) is 12.6. The molecule has 1 unspecified atom stereocenters. The van der Waals surface area contributed by atoms with Crippen LogP contribution < -0.4 is 5.32 Å². The van der Waals surface area contributed by atoms with Crippen LogP contribution in [0.2, 0.25) is 0 Å². The van der Waals surface area contributed by atoms with E-state index in [0.29, 0.717) is 11.7 Å². The van der Waals surface area contributed by atoms with E-state index in [0.717, 1.165) is 0 Å². The summed E-state index contributed by atoms with van der Waals surface area (Å²) in [6.07, 6.45) is 0. The third-order valence-electron chi connectivity index (χ3n) is 2.71. The van der Waals surface area contributed by atoms with Gasteiger partial charge in [-0.25, -0.2) is 0 Å². The topological polar surface area (TPSA) is 61.7 Å². The maximum absolute atomic E-state index is 11.8. The monoisotopic (exact) mass is 244 g/mol. The number of aliphatic hydroxyl groups is 1. The van der Waals surface area contributed by atoms with Crippen LogP contribution >= 0.6 is 11.8 Å². The van der Waals surface area contributed by atoms with Gasteiger partial charge in [-0.05, 0) is 26.7 Å². The average Bonchev–Trinajstić information content (AvgIpc) is 2.40. The fourth-order valence-corrected chi connectivity index (χ4v) is 2.25. The molecule has 0 saturated carbocycles. The molecular formula is C11H20N2O2S. The van der Waals surface area contributed by atoms with Crippen molar-refractivity contribution in [1.82, 2.24) is 5.32 Å². The molecule has 0 aromatic heterocycles. The molecule has 1 atom stereocenters. The molecule has 92 valence electrons. The van der Waals surface area contributed by atoms with Gasteiger partial charge in [-0.2, -0.15) is 4.99 Å². The number of amidine groups is 1. The van der Waals surface area contributed by atoms with Crippen LogP contribution in [-0.2, 0) is 4.79 Å². The molecule has 5 heteroatoms. The number of nitrogens with one attached hydrogen (secondary N) is 1. The summed E-state index contributed by atoms with van der Waals surface area (Å²) in [5.74, 6) is 0.140. The lowest BCUT2D eigenvalue weighted by Gasteiger charge is -2.24. The van der Waals surface area contributed by atoms with Crippen LogP contribution in [0.15, 0.2) is 4.99 Å². The first-order chi connectivity index (χ1) is 7.15. The lowest BCUT2D eigenvalue weighted by atomic mass is 9.96. The first-order valence-electron chi connectivity index (χ1n) is 5.43. The number of amides is 1. The van der Waals surface area contributed by atoms with Crippen LogP contribution in [-0.4, -0.2) is 33.1 Å². The largest absolute Gasteiger partial charge is 0.389 e. The van der Waals surface area contributed by atoms with Crippen molar-refractivity contribution in [3.63, 3.8) is 0 Å². The minimum Gasteiger partial charge on any atom is -0.389 e. The van der Waals surface area contributed by atoms with E-state index in [1.807, 2.05) is 20.8 Å². The Morgan fingerprint density at radius 2 is 2.12 bits per heavy atom. The number of carbonyl (C=O) groups excluding carboxylic acids is 1. The summed E-state index contributed by atoms with van der Waals surface area (Å²) in [5.41, 5.74) is -0.803. The Hall–Kier alpha value is -0.550. The lowest BCUT2D eigenvalue weighted by Crippen LogP contribution is -2.38. The fraction of sp³-hybridized carbons (Fsp3) is 0.818. The van der Waals surface area contributed by atoms with Crippen molar-refractivity contribution in [1.29, 1.82) is 0 Å². The Kier molecular flexibility index (Phi) is 3.69. The van der Waals surface area contributed by atoms with Crippen LogP contribution in [0.1, 0.15) is 34.6 Å². The van der Waals surface area contributed by atoms with Gasteiger partial charge in [0.1, 0.15) is 4.75 Å². The molecule has 0 fully saturated rings. The van der Waals surface area contributed by atoms with Crippen molar-refractivity contribution in [2.75, 3.05) is 6.54 Å². The zero-order valence-electron chi connectivity index (χ0n) is 10.5. The second-order valence-electron chi connectivity index (χ2n) is 5.25. The standard InChI is InChI=1S/C11H20N2O2S/c1-7(2)11(5)8(14)13-9(16-11)12-6-10(3,4)15/h7,15H,6H2,1-5H3,(H,12,13,14). The van der Waals surface area contributed by atoms with Gasteiger partial charge >= 0.3 is 0 Å². The van der Waals surface area contributed by atoms with Crippen molar-refractivity contribution in [3.05, 3.63) is 0 Å². The molecule has 1 amide bonds. The van der Waals surface area contributed by atoms with Gasteiger partial charge in [0.15, 0.2) is 5.17 Å². The molecule has 1 heterocycles. The van der Waals surface area contributed by atoms with Gasteiger partial charge in [0, 0.05) is 6.54 Å². The van der Waals surface area contributed by atoms with Gasteiger partial charge in [-0.1, -0.05) is 25.6 Å². The first kappa shape index (κ1) is 13.5. The number of carbonyl (C=O) groups is 1. The highest BCUT2D eigenvalue weighted by Crippen LogP contribution is 2.39. The van der Waals surface area contributed by atoms with Crippen molar-refractivity contribution < 1.29 is 9.90 Å². The molecule has 0 aromatic carbocycles. The van der Waals surface area contributed by atoms with Gasteiger partial charge in [0.05, 0.1) is 5.60 Å². The van der Waals surface area contributed by atoms with E-state index in [-0.39, 0.29) is 11.8 Å². The number of hydrogen-bond donors (Lipinski definition) is 2. The molecule has 0 spiro atoms. The maximum Gasteiger partial charge on any atom is 0.264 e. The van der Waals surface area contributed by atoms with E-state index in [2.05, 4.69) is 10.3 Å². The smallest absolute Gasteiger partial charge is 0.264 e. The Morgan fingerprint density at radius 1 is 1.56 bits per heavy atom. The molecule has 0 aromatic rings. The van der Waals surface area contributed by atoms with E-state index in [1.54, 1.807) is 13.8 Å². The maximum atomic E-state index is 11.8. The highest BCUT2D eigenvalue weighted by molar-refractivity contribution is 8.16. The molecule has 0 saturated heterocycles. The molecule has 1 rings (SSSR count). The third-order valence-corrected chi connectivity index (χ3v) is 4.21. The Labute approximate surface area is 101 Å². The summed E-state index contributed by atoms with van der Waals surface area (Å²) in [6, 6.07) is 0.